The van der Waals surface area contributed by atoms with Gasteiger partial charge in [0.2, 0.25) is 0 Å². The lowest BCUT2D eigenvalue weighted by Gasteiger charge is -2.29. The summed E-state index contributed by atoms with van der Waals surface area (Å²) in [5.41, 5.74) is 6.08. The molecule has 1 aromatic rings. The molecule has 0 spiro atoms. The fourth-order valence-electron chi connectivity index (χ4n) is 2.28. The molecule has 1 aromatic heterocycles. The molecule has 0 saturated carbocycles. The number of halogens is 1. The third-order valence-electron chi connectivity index (χ3n) is 2.92. The minimum atomic E-state index is 0.165. The quantitative estimate of drug-likeness (QED) is 0.886. The molecular weight excluding hydrogens is 228 g/mol. The molecule has 0 aliphatic carbocycles. The monoisotopic (exact) mass is 244 g/mol. The smallest absolute Gasteiger partial charge is 0.0931 e. The first-order valence-electron chi connectivity index (χ1n) is 5.43. The standard InChI is InChI=1S/C11H17ClN2S/c1-8(13)11(14-6-2-3-7-14)9-4-5-10(12)15-9/h4-5,8,11H,2-3,6-7,13H2,1H3. The molecule has 0 radical (unpaired) electrons. The molecule has 2 N–H and O–H groups in total. The summed E-state index contributed by atoms with van der Waals surface area (Å²) in [6.07, 6.45) is 2.59. The summed E-state index contributed by atoms with van der Waals surface area (Å²) in [6, 6.07) is 4.59. The Labute approximate surface area is 100 Å². The highest BCUT2D eigenvalue weighted by molar-refractivity contribution is 7.16. The van der Waals surface area contributed by atoms with Gasteiger partial charge in [0.05, 0.1) is 10.4 Å². The summed E-state index contributed by atoms with van der Waals surface area (Å²) in [7, 11) is 0. The van der Waals surface area contributed by atoms with Gasteiger partial charge in [-0.05, 0) is 45.0 Å². The highest BCUT2D eigenvalue weighted by Gasteiger charge is 2.27. The lowest BCUT2D eigenvalue weighted by atomic mass is 10.1. The third-order valence-corrected chi connectivity index (χ3v) is 4.22. The van der Waals surface area contributed by atoms with Crippen LogP contribution in [0.4, 0.5) is 0 Å². The van der Waals surface area contributed by atoms with Crippen LogP contribution in [0.15, 0.2) is 12.1 Å². The van der Waals surface area contributed by atoms with Gasteiger partial charge in [0, 0.05) is 10.9 Å². The summed E-state index contributed by atoms with van der Waals surface area (Å²) in [4.78, 5) is 3.78. The first-order valence-corrected chi connectivity index (χ1v) is 6.63. The zero-order valence-electron chi connectivity index (χ0n) is 8.95. The van der Waals surface area contributed by atoms with Gasteiger partial charge in [-0.15, -0.1) is 11.3 Å². The molecule has 0 amide bonds. The normalized spacial score (nSPS) is 21.8. The molecule has 0 bridgehead atoms. The minimum absolute atomic E-state index is 0.165. The summed E-state index contributed by atoms with van der Waals surface area (Å²) in [5, 5.41) is 0. The molecule has 15 heavy (non-hydrogen) atoms. The molecule has 2 heterocycles. The average Bonchev–Trinajstić information content (AvgIpc) is 2.77. The zero-order chi connectivity index (χ0) is 10.8. The van der Waals surface area contributed by atoms with Gasteiger partial charge in [-0.3, -0.25) is 4.90 Å². The van der Waals surface area contributed by atoms with Gasteiger partial charge in [0.15, 0.2) is 0 Å². The summed E-state index contributed by atoms with van der Waals surface area (Å²) < 4.78 is 0.856. The van der Waals surface area contributed by atoms with Crippen LogP contribution in [-0.2, 0) is 0 Å². The maximum absolute atomic E-state index is 6.08. The van der Waals surface area contributed by atoms with Gasteiger partial charge >= 0.3 is 0 Å². The van der Waals surface area contributed by atoms with E-state index >= 15 is 0 Å². The first kappa shape index (κ1) is 11.4. The number of hydrogen-bond donors (Lipinski definition) is 1. The van der Waals surface area contributed by atoms with Crippen LogP contribution in [0.3, 0.4) is 0 Å². The van der Waals surface area contributed by atoms with Crippen molar-refractivity contribution >= 4 is 22.9 Å². The number of thiophene rings is 1. The first-order chi connectivity index (χ1) is 7.18. The van der Waals surface area contributed by atoms with E-state index in [1.54, 1.807) is 11.3 Å². The second-order valence-corrected chi connectivity index (χ2v) is 5.94. The van der Waals surface area contributed by atoms with Crippen molar-refractivity contribution < 1.29 is 0 Å². The van der Waals surface area contributed by atoms with E-state index in [2.05, 4.69) is 17.9 Å². The summed E-state index contributed by atoms with van der Waals surface area (Å²) in [6.45, 7) is 4.42. The van der Waals surface area contributed by atoms with E-state index < -0.39 is 0 Å². The molecule has 1 fully saturated rings. The predicted octanol–water partition coefficient (Wildman–Crippen LogP) is 2.89. The predicted molar refractivity (Wildman–Crippen MR) is 66.5 cm³/mol. The van der Waals surface area contributed by atoms with E-state index in [1.165, 1.54) is 30.8 Å². The van der Waals surface area contributed by atoms with E-state index in [0.717, 1.165) is 4.34 Å². The maximum Gasteiger partial charge on any atom is 0.0931 e. The van der Waals surface area contributed by atoms with Crippen molar-refractivity contribution in [1.82, 2.24) is 4.90 Å². The Morgan fingerprint density at radius 3 is 2.53 bits per heavy atom. The van der Waals surface area contributed by atoms with Crippen LogP contribution in [0, 0.1) is 0 Å². The maximum atomic E-state index is 6.08. The Morgan fingerprint density at radius 2 is 2.07 bits per heavy atom. The van der Waals surface area contributed by atoms with Crippen LogP contribution in [0.2, 0.25) is 4.34 Å². The molecule has 4 heteroatoms. The van der Waals surface area contributed by atoms with Gasteiger partial charge in [0.1, 0.15) is 0 Å². The van der Waals surface area contributed by atoms with Crippen LogP contribution in [0.1, 0.15) is 30.7 Å². The SMILES string of the molecule is CC(N)C(c1ccc(Cl)s1)N1CCCC1. The molecule has 2 nitrogen and oxygen atoms in total. The molecule has 84 valence electrons. The van der Waals surface area contributed by atoms with Crippen molar-refractivity contribution in [2.45, 2.75) is 31.8 Å². The van der Waals surface area contributed by atoms with Gasteiger partial charge in [-0.2, -0.15) is 0 Å². The minimum Gasteiger partial charge on any atom is -0.326 e. The van der Waals surface area contributed by atoms with Crippen LogP contribution in [0.5, 0.6) is 0 Å². The second kappa shape index (κ2) is 4.83. The fourth-order valence-corrected chi connectivity index (χ4v) is 3.59. The van der Waals surface area contributed by atoms with Gasteiger partial charge in [-0.25, -0.2) is 0 Å². The van der Waals surface area contributed by atoms with Gasteiger partial charge < -0.3 is 5.73 Å². The van der Waals surface area contributed by atoms with Crippen LogP contribution < -0.4 is 5.73 Å². The van der Waals surface area contributed by atoms with E-state index in [0.29, 0.717) is 6.04 Å². The van der Waals surface area contributed by atoms with Crippen molar-refractivity contribution in [3.63, 3.8) is 0 Å². The third kappa shape index (κ3) is 2.53. The zero-order valence-corrected chi connectivity index (χ0v) is 10.5. The van der Waals surface area contributed by atoms with Crippen LogP contribution in [-0.4, -0.2) is 24.0 Å². The molecule has 0 aromatic carbocycles. The number of hydrogen-bond acceptors (Lipinski definition) is 3. The van der Waals surface area contributed by atoms with Gasteiger partial charge in [0.25, 0.3) is 0 Å². The average molecular weight is 245 g/mol. The van der Waals surface area contributed by atoms with Crippen molar-refractivity contribution in [3.05, 3.63) is 21.3 Å². The second-order valence-electron chi connectivity index (χ2n) is 4.19. The van der Waals surface area contributed by atoms with Crippen LogP contribution >= 0.6 is 22.9 Å². The Morgan fingerprint density at radius 1 is 1.40 bits per heavy atom. The Balaban J connectivity index is 2.18. The van der Waals surface area contributed by atoms with Crippen molar-refractivity contribution in [1.29, 1.82) is 0 Å². The fraction of sp³-hybridized carbons (Fsp3) is 0.636. The molecule has 2 unspecified atom stereocenters. The van der Waals surface area contributed by atoms with E-state index in [1.807, 2.05) is 6.07 Å². The number of nitrogens with zero attached hydrogens (tertiary/aromatic N) is 1. The highest BCUT2D eigenvalue weighted by Crippen LogP contribution is 2.33. The highest BCUT2D eigenvalue weighted by atomic mass is 35.5. The molecule has 1 saturated heterocycles. The molecule has 1 aliphatic rings. The molecule has 2 rings (SSSR count). The Kier molecular flexibility index (Phi) is 3.67. The number of likely N-dealkylation sites (tertiary alicyclic amines) is 1. The van der Waals surface area contributed by atoms with Crippen LogP contribution in [0.25, 0.3) is 0 Å². The summed E-state index contributed by atoms with van der Waals surface area (Å²) in [5.74, 6) is 0. The Bertz CT molecular complexity index is 318. The van der Waals surface area contributed by atoms with Crippen molar-refractivity contribution in [2.75, 3.05) is 13.1 Å². The topological polar surface area (TPSA) is 29.3 Å². The molecular formula is C11H17ClN2S. The number of rotatable bonds is 3. The van der Waals surface area contributed by atoms with Crippen molar-refractivity contribution in [3.8, 4) is 0 Å². The summed E-state index contributed by atoms with van der Waals surface area (Å²) >= 11 is 7.63. The lowest BCUT2D eigenvalue weighted by Crippen LogP contribution is -2.37. The largest absolute Gasteiger partial charge is 0.326 e. The van der Waals surface area contributed by atoms with E-state index in [9.17, 15) is 0 Å². The van der Waals surface area contributed by atoms with E-state index in [4.69, 9.17) is 17.3 Å². The van der Waals surface area contributed by atoms with E-state index in [-0.39, 0.29) is 6.04 Å². The molecule has 2 atom stereocenters. The van der Waals surface area contributed by atoms with Gasteiger partial charge in [-0.1, -0.05) is 11.6 Å². The number of nitrogens with two attached hydrogens (primary N) is 1. The lowest BCUT2D eigenvalue weighted by molar-refractivity contribution is 0.222. The molecule has 1 aliphatic heterocycles. The Hall–Kier alpha value is -0.0900. The van der Waals surface area contributed by atoms with Crippen molar-refractivity contribution in [2.24, 2.45) is 5.73 Å².